The number of hydrogen-bond donors (Lipinski definition) is 0. The number of carbonyl (C=O) groups is 1. The zero-order valence-corrected chi connectivity index (χ0v) is 13.0. The zero-order chi connectivity index (χ0) is 15.9. The fourth-order valence-corrected chi connectivity index (χ4v) is 1.80. The Morgan fingerprint density at radius 3 is 2.86 bits per heavy atom. The highest BCUT2D eigenvalue weighted by molar-refractivity contribution is 6.30. The van der Waals surface area contributed by atoms with E-state index < -0.39 is 5.97 Å². The fraction of sp³-hybridized carbons (Fsp3) is 0.357. The van der Waals surface area contributed by atoms with Gasteiger partial charge in [0.05, 0.1) is 23.0 Å². The first kappa shape index (κ1) is 16.3. The van der Waals surface area contributed by atoms with Crippen molar-refractivity contribution in [2.75, 3.05) is 26.9 Å². The van der Waals surface area contributed by atoms with E-state index in [1.807, 2.05) is 0 Å². The Morgan fingerprint density at radius 2 is 2.18 bits per heavy atom. The van der Waals surface area contributed by atoms with Crippen LogP contribution in [-0.4, -0.2) is 47.7 Å². The van der Waals surface area contributed by atoms with Gasteiger partial charge in [-0.05, 0) is 12.1 Å². The van der Waals surface area contributed by atoms with Crippen molar-refractivity contribution in [3.63, 3.8) is 0 Å². The van der Waals surface area contributed by atoms with E-state index in [1.165, 1.54) is 7.11 Å². The molecule has 0 aliphatic heterocycles. The second-order valence-electron chi connectivity index (χ2n) is 4.36. The van der Waals surface area contributed by atoms with Crippen LogP contribution in [0.15, 0.2) is 24.4 Å². The van der Waals surface area contributed by atoms with E-state index in [0.717, 1.165) is 5.69 Å². The molecule has 2 aromatic heterocycles. The maximum Gasteiger partial charge on any atom is 0.344 e. The molecule has 0 bridgehead atoms. The predicted molar refractivity (Wildman–Crippen MR) is 79.8 cm³/mol. The largest absolute Gasteiger partial charge is 0.465 e. The van der Waals surface area contributed by atoms with Crippen LogP contribution in [0.4, 0.5) is 0 Å². The number of rotatable bonds is 7. The molecular weight excluding hydrogens is 310 g/mol. The molecule has 0 aliphatic rings. The lowest BCUT2D eigenvalue weighted by Crippen LogP contribution is -2.17. The molecule has 0 spiro atoms. The van der Waals surface area contributed by atoms with Gasteiger partial charge >= 0.3 is 5.97 Å². The Balaban J connectivity index is 1.95. The van der Waals surface area contributed by atoms with Crippen LogP contribution in [0.5, 0.6) is 5.88 Å². The monoisotopic (exact) mass is 325 g/mol. The van der Waals surface area contributed by atoms with Crippen LogP contribution in [0.3, 0.4) is 0 Å². The van der Waals surface area contributed by atoms with Crippen LogP contribution in [-0.2, 0) is 21.3 Å². The van der Waals surface area contributed by atoms with Crippen LogP contribution in [0.1, 0.15) is 0 Å². The summed E-state index contributed by atoms with van der Waals surface area (Å²) in [5.74, 6) is -0.160. The maximum atomic E-state index is 11.4. The standard InChI is InChI=1S/C14H16ClN3O4/c1-18-12(11-4-3-10(15)8-16-11)7-13(17-18)22-9-14(19)21-6-5-20-2/h3-4,7-8H,5-6,9H2,1-2H3. The summed E-state index contributed by atoms with van der Waals surface area (Å²) in [4.78, 5) is 15.6. The molecule has 118 valence electrons. The highest BCUT2D eigenvalue weighted by Gasteiger charge is 2.11. The third-order valence-electron chi connectivity index (χ3n) is 2.74. The van der Waals surface area contributed by atoms with E-state index in [9.17, 15) is 4.79 Å². The van der Waals surface area contributed by atoms with Crippen LogP contribution >= 0.6 is 11.6 Å². The van der Waals surface area contributed by atoms with E-state index in [2.05, 4.69) is 10.1 Å². The Bertz CT molecular complexity index is 628. The van der Waals surface area contributed by atoms with Crippen LogP contribution < -0.4 is 4.74 Å². The Labute approximate surface area is 132 Å². The summed E-state index contributed by atoms with van der Waals surface area (Å²) in [6.07, 6.45) is 1.55. The number of halogens is 1. The van der Waals surface area contributed by atoms with Gasteiger partial charge in [0.25, 0.3) is 0 Å². The van der Waals surface area contributed by atoms with Gasteiger partial charge in [-0.15, -0.1) is 5.10 Å². The van der Waals surface area contributed by atoms with Crippen LogP contribution in [0.2, 0.25) is 5.02 Å². The second kappa shape index (κ2) is 7.77. The number of nitrogens with zero attached hydrogens (tertiary/aromatic N) is 3. The summed E-state index contributed by atoms with van der Waals surface area (Å²) in [6, 6.07) is 5.21. The average Bonchev–Trinajstić information content (AvgIpc) is 2.87. The lowest BCUT2D eigenvalue weighted by molar-refractivity contribution is -0.147. The lowest BCUT2D eigenvalue weighted by Gasteiger charge is -2.04. The SMILES string of the molecule is COCCOC(=O)COc1cc(-c2ccc(Cl)cn2)n(C)n1. The summed E-state index contributed by atoms with van der Waals surface area (Å²) in [6.45, 7) is 0.330. The molecule has 0 saturated heterocycles. The van der Waals surface area contributed by atoms with Gasteiger partial charge in [-0.25, -0.2) is 4.79 Å². The maximum absolute atomic E-state index is 11.4. The van der Waals surface area contributed by atoms with Crippen molar-refractivity contribution in [1.82, 2.24) is 14.8 Å². The third kappa shape index (κ3) is 4.44. The third-order valence-corrected chi connectivity index (χ3v) is 2.96. The van der Waals surface area contributed by atoms with E-state index in [1.54, 1.807) is 36.1 Å². The summed E-state index contributed by atoms with van der Waals surface area (Å²) >= 11 is 5.81. The molecule has 7 nitrogen and oxygen atoms in total. The van der Waals surface area contributed by atoms with E-state index >= 15 is 0 Å². The van der Waals surface area contributed by atoms with Gasteiger partial charge in [-0.2, -0.15) is 0 Å². The lowest BCUT2D eigenvalue weighted by atomic mass is 10.3. The van der Waals surface area contributed by atoms with Gasteiger partial charge in [-0.1, -0.05) is 11.6 Å². The van der Waals surface area contributed by atoms with Crippen molar-refractivity contribution < 1.29 is 19.0 Å². The first-order valence-electron chi connectivity index (χ1n) is 6.53. The zero-order valence-electron chi connectivity index (χ0n) is 12.3. The topological polar surface area (TPSA) is 75.5 Å². The van der Waals surface area contributed by atoms with Gasteiger partial charge in [-0.3, -0.25) is 9.67 Å². The van der Waals surface area contributed by atoms with E-state index in [4.69, 9.17) is 25.8 Å². The van der Waals surface area contributed by atoms with E-state index in [0.29, 0.717) is 23.2 Å². The van der Waals surface area contributed by atoms with Crippen molar-refractivity contribution in [3.05, 3.63) is 29.4 Å². The highest BCUT2D eigenvalue weighted by atomic mass is 35.5. The molecule has 0 radical (unpaired) electrons. The van der Waals surface area contributed by atoms with Crippen molar-refractivity contribution in [3.8, 4) is 17.3 Å². The molecular formula is C14H16ClN3O4. The first-order chi connectivity index (χ1) is 10.6. The van der Waals surface area contributed by atoms with Crippen molar-refractivity contribution in [2.24, 2.45) is 7.05 Å². The molecule has 2 aromatic rings. The molecule has 2 heterocycles. The molecule has 8 heteroatoms. The summed E-state index contributed by atoms with van der Waals surface area (Å²) in [5.41, 5.74) is 1.45. The summed E-state index contributed by atoms with van der Waals surface area (Å²) < 4.78 is 16.6. The normalized spacial score (nSPS) is 10.5. The molecule has 0 atom stereocenters. The minimum absolute atomic E-state index is 0.195. The smallest absolute Gasteiger partial charge is 0.344 e. The van der Waals surface area contributed by atoms with Crippen LogP contribution in [0.25, 0.3) is 11.4 Å². The van der Waals surface area contributed by atoms with Crippen molar-refractivity contribution in [2.45, 2.75) is 0 Å². The second-order valence-corrected chi connectivity index (χ2v) is 4.79. The predicted octanol–water partition coefficient (Wildman–Crippen LogP) is 1.70. The number of carbonyl (C=O) groups excluding carboxylic acids is 1. The van der Waals surface area contributed by atoms with Gasteiger partial charge in [0.2, 0.25) is 5.88 Å². The number of ether oxygens (including phenoxy) is 3. The number of pyridine rings is 1. The van der Waals surface area contributed by atoms with Gasteiger partial charge in [0.15, 0.2) is 6.61 Å². The van der Waals surface area contributed by atoms with E-state index in [-0.39, 0.29) is 13.2 Å². The fourth-order valence-electron chi connectivity index (χ4n) is 1.69. The molecule has 0 saturated carbocycles. The van der Waals surface area contributed by atoms with Crippen molar-refractivity contribution in [1.29, 1.82) is 0 Å². The number of aryl methyl sites for hydroxylation is 1. The Morgan fingerprint density at radius 1 is 1.36 bits per heavy atom. The molecule has 0 N–H and O–H groups in total. The summed E-state index contributed by atoms with van der Waals surface area (Å²) in [7, 11) is 3.29. The molecule has 0 aromatic carbocycles. The minimum atomic E-state index is -0.478. The van der Waals surface area contributed by atoms with Crippen molar-refractivity contribution >= 4 is 17.6 Å². The average molecular weight is 326 g/mol. The number of esters is 1. The van der Waals surface area contributed by atoms with Gasteiger partial charge in [0, 0.05) is 26.4 Å². The van der Waals surface area contributed by atoms with Gasteiger partial charge < -0.3 is 14.2 Å². The van der Waals surface area contributed by atoms with Crippen LogP contribution in [0, 0.1) is 0 Å². The molecule has 0 amide bonds. The molecule has 22 heavy (non-hydrogen) atoms. The summed E-state index contributed by atoms with van der Waals surface area (Å²) in [5, 5.41) is 4.72. The molecule has 0 fully saturated rings. The number of hydrogen-bond acceptors (Lipinski definition) is 6. The minimum Gasteiger partial charge on any atom is -0.465 e. The molecule has 0 unspecified atom stereocenters. The molecule has 2 rings (SSSR count). The molecule has 0 aliphatic carbocycles. The number of aromatic nitrogens is 3. The first-order valence-corrected chi connectivity index (χ1v) is 6.91. The van der Waals surface area contributed by atoms with Gasteiger partial charge in [0.1, 0.15) is 6.61 Å². The Kier molecular flexibility index (Phi) is 5.74. The Hall–Kier alpha value is -2.12. The highest BCUT2D eigenvalue weighted by Crippen LogP contribution is 2.22. The quantitative estimate of drug-likeness (QED) is 0.570. The number of methoxy groups -OCH3 is 1.